The lowest BCUT2D eigenvalue weighted by molar-refractivity contribution is 0.0672. The van der Waals surface area contributed by atoms with Crippen LogP contribution >= 0.6 is 0 Å². The van der Waals surface area contributed by atoms with Gasteiger partial charge in [-0.1, -0.05) is 24.6 Å². The monoisotopic (exact) mass is 663 g/mol. The fourth-order valence-corrected chi connectivity index (χ4v) is 7.95. The lowest BCUT2D eigenvalue weighted by atomic mass is 9.78. The molecule has 4 aromatic rings. The number of nitrogen functional groups attached to an aromatic ring is 1. The summed E-state index contributed by atoms with van der Waals surface area (Å²) in [6.45, 7) is 5.37. The first-order valence-corrected chi connectivity index (χ1v) is 17.4. The van der Waals surface area contributed by atoms with Crippen molar-refractivity contribution in [3.8, 4) is 29.3 Å². The lowest BCUT2D eigenvalue weighted by Crippen LogP contribution is -2.36. The second-order valence-electron chi connectivity index (χ2n) is 13.7. The third-order valence-corrected chi connectivity index (χ3v) is 10.6. The number of carbonyl (C=O) groups is 1. The molecule has 0 saturated carbocycles. The van der Waals surface area contributed by atoms with Crippen LogP contribution in [0.25, 0.3) is 17.3 Å². The lowest BCUT2D eigenvalue weighted by Gasteiger charge is -2.25. The summed E-state index contributed by atoms with van der Waals surface area (Å²) in [5.41, 5.74) is 12.1. The van der Waals surface area contributed by atoms with Crippen molar-refractivity contribution in [1.82, 2.24) is 34.7 Å². The van der Waals surface area contributed by atoms with E-state index in [1.54, 1.807) is 10.7 Å². The standard InChI is InChI=1S/C36H41N9O4/c1-3-6-21-10-11-28(38)27(16-37)31(21)25-8-4-9-26-33(42-49-34(25)26)35-39-29(15-30(40-35)48-20-23-7-5-13-43(23)2)45-18-22-17-44(24-12-14-47-19-24)36(46)32(22)41-45/h10-11,15,18,23-25H,3-9,12-14,17,19-20,38H2,1-2H3. The van der Waals surface area contributed by atoms with Gasteiger partial charge in [0.05, 0.1) is 24.8 Å². The van der Waals surface area contributed by atoms with Gasteiger partial charge < -0.3 is 29.5 Å². The summed E-state index contributed by atoms with van der Waals surface area (Å²) in [7, 11) is 2.11. The number of aryl methyl sites for hydroxylation is 1. The number of carbonyl (C=O) groups excluding carboxylic acids is 1. The fraction of sp³-hybridized carbons (Fsp3) is 0.500. The summed E-state index contributed by atoms with van der Waals surface area (Å²) < 4.78 is 19.6. The molecule has 3 unspecified atom stereocenters. The van der Waals surface area contributed by atoms with Crippen LogP contribution in [0, 0.1) is 11.3 Å². The number of nitrogens with zero attached hydrogens (tertiary/aromatic N) is 8. The highest BCUT2D eigenvalue weighted by Crippen LogP contribution is 2.44. The molecule has 0 radical (unpaired) electrons. The molecule has 49 heavy (non-hydrogen) atoms. The van der Waals surface area contributed by atoms with Gasteiger partial charge in [-0.25, -0.2) is 9.67 Å². The number of rotatable bonds is 9. The van der Waals surface area contributed by atoms with Gasteiger partial charge in [-0.2, -0.15) is 15.3 Å². The first-order valence-electron chi connectivity index (χ1n) is 17.4. The molecule has 2 fully saturated rings. The SMILES string of the molecule is CCCc1ccc(N)c(C#N)c1C1CCCc2c(-c3nc(OCC4CCCN4C)cc(-n4cc5c(n4)C(=O)N(C4CCOC4)C5)n3)noc21. The van der Waals surface area contributed by atoms with Crippen molar-refractivity contribution in [2.24, 2.45) is 0 Å². The average Bonchev–Trinajstić information content (AvgIpc) is 3.95. The minimum absolute atomic E-state index is 0.0753. The van der Waals surface area contributed by atoms with Crippen LogP contribution in [-0.4, -0.2) is 86.1 Å². The molecule has 3 atom stereocenters. The molecule has 0 spiro atoms. The Balaban J connectivity index is 1.17. The van der Waals surface area contributed by atoms with Crippen LogP contribution in [0.15, 0.2) is 28.9 Å². The maximum Gasteiger partial charge on any atom is 0.275 e. The normalized spacial score (nSPS) is 22.0. The molecule has 2 saturated heterocycles. The molecular weight excluding hydrogens is 622 g/mol. The molecule has 0 bridgehead atoms. The van der Waals surface area contributed by atoms with E-state index in [4.69, 9.17) is 34.8 Å². The van der Waals surface area contributed by atoms with Crippen molar-refractivity contribution in [3.05, 3.63) is 63.7 Å². The van der Waals surface area contributed by atoms with Crippen molar-refractivity contribution < 1.29 is 18.8 Å². The maximum atomic E-state index is 13.4. The Labute approximate surface area is 285 Å². The molecule has 3 aliphatic heterocycles. The molecule has 1 aromatic carbocycles. The second-order valence-corrected chi connectivity index (χ2v) is 13.7. The van der Waals surface area contributed by atoms with Crippen molar-refractivity contribution in [2.45, 2.75) is 82.8 Å². The van der Waals surface area contributed by atoms with E-state index in [1.165, 1.54) is 0 Å². The maximum absolute atomic E-state index is 13.4. The number of hydrogen-bond acceptors (Lipinski definition) is 11. The van der Waals surface area contributed by atoms with Crippen LogP contribution in [0.3, 0.4) is 0 Å². The number of likely N-dealkylation sites (N-methyl/N-ethyl adjacent to an activating group) is 1. The number of anilines is 1. The largest absolute Gasteiger partial charge is 0.476 e. The molecule has 3 aromatic heterocycles. The molecule has 8 rings (SSSR count). The van der Waals surface area contributed by atoms with Gasteiger partial charge in [0.2, 0.25) is 5.88 Å². The van der Waals surface area contributed by atoms with Crippen molar-refractivity contribution in [2.75, 3.05) is 39.1 Å². The summed E-state index contributed by atoms with van der Waals surface area (Å²) >= 11 is 0. The molecule has 2 N–H and O–H groups in total. The van der Waals surface area contributed by atoms with E-state index < -0.39 is 0 Å². The zero-order valence-electron chi connectivity index (χ0n) is 28.0. The van der Waals surface area contributed by atoms with Gasteiger partial charge in [-0.05, 0) is 75.7 Å². The van der Waals surface area contributed by atoms with Gasteiger partial charge in [-0.3, -0.25) is 4.79 Å². The predicted octanol–water partition coefficient (Wildman–Crippen LogP) is 4.41. The van der Waals surface area contributed by atoms with E-state index in [0.29, 0.717) is 72.6 Å². The first kappa shape index (κ1) is 31.5. The Morgan fingerprint density at radius 2 is 2.06 bits per heavy atom. The average molecular weight is 664 g/mol. The highest BCUT2D eigenvalue weighted by molar-refractivity contribution is 5.96. The molecule has 13 heteroatoms. The molecule has 13 nitrogen and oxygen atoms in total. The van der Waals surface area contributed by atoms with Crippen LogP contribution in [0.4, 0.5) is 5.69 Å². The van der Waals surface area contributed by atoms with E-state index in [-0.39, 0.29) is 17.9 Å². The smallest absolute Gasteiger partial charge is 0.275 e. The Kier molecular flexibility index (Phi) is 8.29. The molecule has 1 aliphatic carbocycles. The second kappa shape index (κ2) is 12.9. The van der Waals surface area contributed by atoms with Gasteiger partial charge in [0.25, 0.3) is 5.91 Å². The molecule has 4 aliphatic rings. The van der Waals surface area contributed by atoms with Gasteiger partial charge in [0.1, 0.15) is 18.4 Å². The topological polar surface area (TPSA) is 161 Å². The van der Waals surface area contributed by atoms with Crippen molar-refractivity contribution in [3.63, 3.8) is 0 Å². The van der Waals surface area contributed by atoms with Crippen molar-refractivity contribution in [1.29, 1.82) is 5.26 Å². The minimum atomic E-state index is -0.158. The van der Waals surface area contributed by atoms with Gasteiger partial charge in [0, 0.05) is 47.6 Å². The van der Waals surface area contributed by atoms with Crippen LogP contribution in [0.1, 0.15) is 95.4 Å². The number of nitrogens with two attached hydrogens (primary N) is 1. The van der Waals surface area contributed by atoms with E-state index in [9.17, 15) is 10.1 Å². The summed E-state index contributed by atoms with van der Waals surface area (Å²) in [6, 6.07) is 8.36. The number of benzene rings is 1. The highest BCUT2D eigenvalue weighted by atomic mass is 16.5. The molecule has 254 valence electrons. The third kappa shape index (κ3) is 5.62. The summed E-state index contributed by atoms with van der Waals surface area (Å²) in [4.78, 5) is 27.3. The zero-order chi connectivity index (χ0) is 33.6. The number of aromatic nitrogens is 5. The highest BCUT2D eigenvalue weighted by Gasteiger charge is 2.38. The summed E-state index contributed by atoms with van der Waals surface area (Å²) in [5.74, 6) is 1.74. The summed E-state index contributed by atoms with van der Waals surface area (Å²) in [5, 5.41) is 19.4. The number of likely N-dealkylation sites (tertiary alicyclic amines) is 1. The van der Waals surface area contributed by atoms with Crippen LogP contribution in [0.5, 0.6) is 5.88 Å². The fourth-order valence-electron chi connectivity index (χ4n) is 7.95. The van der Waals surface area contributed by atoms with E-state index >= 15 is 0 Å². The Bertz CT molecular complexity index is 1940. The van der Waals surface area contributed by atoms with Gasteiger partial charge in [-0.15, -0.1) is 0 Å². The van der Waals surface area contributed by atoms with Gasteiger partial charge >= 0.3 is 0 Å². The number of fused-ring (bicyclic) bond motifs is 2. The minimum Gasteiger partial charge on any atom is -0.476 e. The summed E-state index contributed by atoms with van der Waals surface area (Å²) in [6.07, 6.45) is 9.11. The Hall–Kier alpha value is -4.80. The van der Waals surface area contributed by atoms with Crippen molar-refractivity contribution >= 4 is 11.6 Å². The Morgan fingerprint density at radius 3 is 2.82 bits per heavy atom. The van der Waals surface area contributed by atoms with E-state index in [2.05, 4.69) is 30.1 Å². The van der Waals surface area contributed by atoms with Crippen LogP contribution in [-0.2, 0) is 24.1 Å². The zero-order valence-corrected chi connectivity index (χ0v) is 28.0. The molecular formula is C36H41N9O4. The predicted molar refractivity (Wildman–Crippen MR) is 179 cm³/mol. The van der Waals surface area contributed by atoms with Gasteiger partial charge in [0.15, 0.2) is 23.0 Å². The third-order valence-electron chi connectivity index (χ3n) is 10.6. The molecule has 6 heterocycles. The first-order chi connectivity index (χ1) is 23.9. The van der Waals surface area contributed by atoms with Crippen LogP contribution < -0.4 is 10.5 Å². The Morgan fingerprint density at radius 1 is 1.16 bits per heavy atom. The number of ether oxygens (including phenoxy) is 2. The number of hydrogen-bond donors (Lipinski definition) is 1. The number of nitriles is 1. The van der Waals surface area contributed by atoms with E-state index in [1.807, 2.05) is 23.2 Å². The number of amides is 1. The van der Waals surface area contributed by atoms with Crippen LogP contribution in [0.2, 0.25) is 0 Å². The molecule has 1 amide bonds. The quantitative estimate of drug-likeness (QED) is 0.253. The van der Waals surface area contributed by atoms with E-state index in [0.717, 1.165) is 85.9 Å².